The second-order valence-corrected chi connectivity index (χ2v) is 7.64. The maximum absolute atomic E-state index is 12.2. The minimum atomic E-state index is -1.37. The minimum Gasteiger partial charge on any atom is -0.460 e. The van der Waals surface area contributed by atoms with Crippen LogP contribution in [-0.4, -0.2) is 48.3 Å². The molecule has 7 atom stereocenters. The lowest BCUT2D eigenvalue weighted by atomic mass is 9.59. The highest BCUT2D eigenvalue weighted by atomic mass is 16.6. The molecule has 1 aromatic heterocycles. The molecule has 3 fully saturated rings. The van der Waals surface area contributed by atoms with Crippen molar-refractivity contribution in [1.29, 1.82) is 0 Å². The van der Waals surface area contributed by atoms with Crippen molar-refractivity contribution in [2.75, 3.05) is 6.61 Å². The average molecular weight is 327 g/mol. The summed E-state index contributed by atoms with van der Waals surface area (Å²) in [5.74, 6) is -0.0296. The Kier molecular flexibility index (Phi) is 3.73. The molecule has 24 heavy (non-hydrogen) atoms. The highest BCUT2D eigenvalue weighted by Crippen LogP contribution is 2.55. The predicted octanol–water partition coefficient (Wildman–Crippen LogP) is 0.381. The Hall–Kier alpha value is -1.40. The van der Waals surface area contributed by atoms with Crippen molar-refractivity contribution in [3.05, 3.63) is 24.0 Å². The van der Waals surface area contributed by atoms with E-state index >= 15 is 0 Å². The van der Waals surface area contributed by atoms with Crippen molar-refractivity contribution in [2.45, 2.75) is 44.5 Å². The molecule has 3 aliphatic rings. The van der Waals surface area contributed by atoms with E-state index < -0.39 is 11.6 Å². The molecule has 2 unspecified atom stereocenters. The number of cyclic esters (lactones) is 1. The first-order valence-electron chi connectivity index (χ1n) is 8.65. The van der Waals surface area contributed by atoms with E-state index in [-0.39, 0.29) is 30.0 Å². The Morgan fingerprint density at radius 1 is 1.42 bits per heavy atom. The topological polar surface area (TPSA) is 68.7 Å². The van der Waals surface area contributed by atoms with Gasteiger partial charge in [-0.15, -0.1) is 0 Å². The van der Waals surface area contributed by atoms with Crippen LogP contribution in [0.15, 0.2) is 18.3 Å². The highest BCUT2D eigenvalue weighted by molar-refractivity contribution is 6.32. The lowest BCUT2D eigenvalue weighted by molar-refractivity contribution is -0.161. The SMILES string of the molecule is [B]c1ccc(CC2OCC3[C@H]2[C@@H]2[C@@H](C)OC(=O)[C@]2(O)C[C@@H]3C)nc1. The van der Waals surface area contributed by atoms with Crippen molar-refractivity contribution >= 4 is 19.3 Å². The van der Waals surface area contributed by atoms with Gasteiger partial charge >= 0.3 is 5.97 Å². The third-order valence-corrected chi connectivity index (χ3v) is 6.17. The Balaban J connectivity index is 1.64. The summed E-state index contributed by atoms with van der Waals surface area (Å²) in [6, 6.07) is 3.74. The van der Waals surface area contributed by atoms with Gasteiger partial charge < -0.3 is 14.6 Å². The lowest BCUT2D eigenvalue weighted by Crippen LogP contribution is -2.55. The smallest absolute Gasteiger partial charge is 0.338 e. The van der Waals surface area contributed by atoms with Gasteiger partial charge in [0, 0.05) is 30.1 Å². The Morgan fingerprint density at radius 2 is 2.21 bits per heavy atom. The molecule has 126 valence electrons. The van der Waals surface area contributed by atoms with E-state index in [1.807, 2.05) is 19.1 Å². The minimum absolute atomic E-state index is 0.0673. The Bertz CT molecular complexity index is 651. The average Bonchev–Trinajstić information content (AvgIpc) is 3.02. The number of nitrogens with zero attached hydrogens (tertiary/aromatic N) is 1. The van der Waals surface area contributed by atoms with Crippen LogP contribution in [0.25, 0.3) is 0 Å². The van der Waals surface area contributed by atoms with Crippen molar-refractivity contribution < 1.29 is 19.4 Å². The number of aliphatic hydroxyl groups is 1. The third-order valence-electron chi connectivity index (χ3n) is 6.17. The summed E-state index contributed by atoms with van der Waals surface area (Å²) in [5.41, 5.74) is 0.170. The molecule has 2 radical (unpaired) electrons. The summed E-state index contributed by atoms with van der Waals surface area (Å²) in [5, 5.41) is 11.0. The monoisotopic (exact) mass is 327 g/mol. The van der Waals surface area contributed by atoms with Crippen molar-refractivity contribution in [2.24, 2.45) is 23.7 Å². The number of carbonyl (C=O) groups is 1. The Labute approximate surface area is 143 Å². The second-order valence-electron chi connectivity index (χ2n) is 7.64. The molecular formula is C18H22BNO4. The van der Waals surface area contributed by atoms with Crippen molar-refractivity contribution in [3.8, 4) is 0 Å². The van der Waals surface area contributed by atoms with Crippen LogP contribution in [0.1, 0.15) is 26.0 Å². The van der Waals surface area contributed by atoms with Crippen LogP contribution in [0.3, 0.4) is 0 Å². The van der Waals surface area contributed by atoms with E-state index in [9.17, 15) is 9.90 Å². The van der Waals surface area contributed by atoms with Crippen LogP contribution < -0.4 is 5.46 Å². The quantitative estimate of drug-likeness (QED) is 0.628. The maximum atomic E-state index is 12.2. The number of hydrogen-bond donors (Lipinski definition) is 1. The molecular weight excluding hydrogens is 305 g/mol. The maximum Gasteiger partial charge on any atom is 0.338 e. The van der Waals surface area contributed by atoms with Crippen molar-refractivity contribution in [3.63, 3.8) is 0 Å². The van der Waals surface area contributed by atoms with Crippen LogP contribution in [0.5, 0.6) is 0 Å². The summed E-state index contributed by atoms with van der Waals surface area (Å²) in [6.07, 6.45) is 2.40. The van der Waals surface area contributed by atoms with Crippen LogP contribution in [-0.2, 0) is 20.7 Å². The zero-order chi connectivity index (χ0) is 17.1. The molecule has 6 heteroatoms. The number of ether oxygens (including phenoxy) is 2. The lowest BCUT2D eigenvalue weighted by Gasteiger charge is -2.44. The summed E-state index contributed by atoms with van der Waals surface area (Å²) in [4.78, 5) is 16.6. The fraction of sp³-hybridized carbons (Fsp3) is 0.667. The van der Waals surface area contributed by atoms with E-state index in [2.05, 4.69) is 11.9 Å². The van der Waals surface area contributed by atoms with E-state index in [0.29, 0.717) is 30.8 Å². The fourth-order valence-corrected chi connectivity index (χ4v) is 5.09. The summed E-state index contributed by atoms with van der Waals surface area (Å²) in [7, 11) is 5.70. The van der Waals surface area contributed by atoms with E-state index in [1.165, 1.54) is 0 Å². The fourth-order valence-electron chi connectivity index (χ4n) is 5.09. The van der Waals surface area contributed by atoms with Crippen molar-refractivity contribution in [1.82, 2.24) is 4.98 Å². The molecule has 5 nitrogen and oxygen atoms in total. The molecule has 2 aliphatic heterocycles. The van der Waals surface area contributed by atoms with Gasteiger partial charge in [0.05, 0.1) is 12.7 Å². The molecule has 0 aromatic carbocycles. The number of rotatable bonds is 2. The Morgan fingerprint density at radius 3 is 2.92 bits per heavy atom. The number of esters is 1. The number of hydrogen-bond acceptors (Lipinski definition) is 5. The molecule has 1 saturated carbocycles. The first kappa shape index (κ1) is 16.1. The third kappa shape index (κ3) is 2.31. The zero-order valence-corrected chi connectivity index (χ0v) is 14.0. The summed E-state index contributed by atoms with van der Waals surface area (Å²) >= 11 is 0. The molecule has 4 rings (SSSR count). The summed E-state index contributed by atoms with van der Waals surface area (Å²) in [6.45, 7) is 4.64. The predicted molar refractivity (Wildman–Crippen MR) is 87.8 cm³/mol. The number of pyridine rings is 1. The van der Waals surface area contributed by atoms with Gasteiger partial charge in [0.15, 0.2) is 5.60 Å². The number of aromatic nitrogens is 1. The highest BCUT2D eigenvalue weighted by Gasteiger charge is 2.65. The van der Waals surface area contributed by atoms with Gasteiger partial charge in [0.25, 0.3) is 0 Å². The first-order valence-corrected chi connectivity index (χ1v) is 8.65. The standard InChI is InChI=1S/C18H22BNO4/c1-9-6-18(22)16(10(2)24-17(18)21)15-13(9)8-23-14(15)5-12-4-3-11(19)7-20-12/h3-4,7,9-10,13-16,22H,5-6,8H2,1-2H3/t9-,10+,13?,14?,15+,16-,18-/m0/s1. The van der Waals surface area contributed by atoms with Gasteiger partial charge in [-0.1, -0.05) is 18.5 Å². The molecule has 2 saturated heterocycles. The molecule has 3 heterocycles. The second kappa shape index (κ2) is 5.56. The van der Waals surface area contributed by atoms with E-state index in [0.717, 1.165) is 5.69 Å². The van der Waals surface area contributed by atoms with Gasteiger partial charge in [-0.05, 0) is 31.2 Å². The number of carbonyl (C=O) groups excluding carboxylic acids is 1. The van der Waals surface area contributed by atoms with E-state index in [1.54, 1.807) is 6.20 Å². The molecule has 1 N–H and O–H groups in total. The van der Waals surface area contributed by atoms with Gasteiger partial charge in [0.1, 0.15) is 14.0 Å². The van der Waals surface area contributed by atoms with Gasteiger partial charge in [-0.25, -0.2) is 4.79 Å². The van der Waals surface area contributed by atoms with Crippen LogP contribution >= 0.6 is 0 Å². The van der Waals surface area contributed by atoms with Crippen LogP contribution in [0, 0.1) is 23.7 Å². The largest absolute Gasteiger partial charge is 0.460 e. The number of fused-ring (bicyclic) bond motifs is 3. The molecule has 0 bridgehead atoms. The summed E-state index contributed by atoms with van der Waals surface area (Å²) < 4.78 is 11.5. The van der Waals surface area contributed by atoms with E-state index in [4.69, 9.17) is 17.3 Å². The zero-order valence-electron chi connectivity index (χ0n) is 14.0. The van der Waals surface area contributed by atoms with Gasteiger partial charge in [-0.2, -0.15) is 0 Å². The van der Waals surface area contributed by atoms with Crippen LogP contribution in [0.4, 0.5) is 0 Å². The molecule has 1 aromatic rings. The van der Waals surface area contributed by atoms with Crippen LogP contribution in [0.2, 0.25) is 0 Å². The van der Waals surface area contributed by atoms with Gasteiger partial charge in [0.2, 0.25) is 0 Å². The molecule has 0 spiro atoms. The van der Waals surface area contributed by atoms with Gasteiger partial charge in [-0.3, -0.25) is 4.98 Å². The molecule has 1 aliphatic carbocycles. The molecule has 0 amide bonds. The normalized spacial score (nSPS) is 44.0. The first-order chi connectivity index (χ1) is 11.4.